The molecule has 4 heteroatoms. The van der Waals surface area contributed by atoms with Gasteiger partial charge in [-0.2, -0.15) is 0 Å². The summed E-state index contributed by atoms with van der Waals surface area (Å²) in [5.41, 5.74) is 0. The zero-order valence-electron chi connectivity index (χ0n) is 7.45. The van der Waals surface area contributed by atoms with Crippen LogP contribution in [0.2, 0.25) is 0 Å². The monoisotopic (exact) mass is 184 g/mol. The summed E-state index contributed by atoms with van der Waals surface area (Å²) in [6.45, 7) is 1.93. The van der Waals surface area contributed by atoms with Gasteiger partial charge in [0.25, 0.3) is 0 Å². The van der Waals surface area contributed by atoms with Crippen molar-refractivity contribution >= 4 is 17.5 Å². The third kappa shape index (κ3) is 2.14. The quantitative estimate of drug-likeness (QED) is 0.505. The van der Waals surface area contributed by atoms with Crippen LogP contribution in [0.25, 0.3) is 0 Å². The predicted octanol–water partition coefficient (Wildman–Crippen LogP) is 0.645. The number of rotatable bonds is 2. The van der Waals surface area contributed by atoms with E-state index in [0.717, 1.165) is 6.42 Å². The van der Waals surface area contributed by atoms with Gasteiger partial charge in [-0.15, -0.1) is 0 Å². The summed E-state index contributed by atoms with van der Waals surface area (Å²) in [6, 6.07) is 0. The molecule has 1 aliphatic carbocycles. The van der Waals surface area contributed by atoms with E-state index in [2.05, 4.69) is 0 Å². The molecule has 2 atom stereocenters. The fourth-order valence-electron chi connectivity index (χ4n) is 1.63. The number of hydrogen-bond donors (Lipinski definition) is 1. The van der Waals surface area contributed by atoms with E-state index in [9.17, 15) is 14.4 Å². The Morgan fingerprint density at radius 1 is 1.38 bits per heavy atom. The Labute approximate surface area is 75.9 Å². The Hall–Kier alpha value is -1.19. The lowest BCUT2D eigenvalue weighted by atomic mass is 9.80. The Bertz CT molecular complexity index is 256. The van der Waals surface area contributed by atoms with Crippen LogP contribution in [0.1, 0.15) is 26.2 Å². The highest BCUT2D eigenvalue weighted by atomic mass is 16.4. The second-order valence-corrected chi connectivity index (χ2v) is 3.57. The molecule has 4 nitrogen and oxygen atoms in total. The summed E-state index contributed by atoms with van der Waals surface area (Å²) in [4.78, 5) is 32.6. The van der Waals surface area contributed by atoms with Gasteiger partial charge in [-0.25, -0.2) is 4.79 Å². The van der Waals surface area contributed by atoms with Crippen molar-refractivity contribution in [1.82, 2.24) is 0 Å². The van der Waals surface area contributed by atoms with E-state index >= 15 is 0 Å². The molecule has 0 aromatic rings. The van der Waals surface area contributed by atoms with Gasteiger partial charge in [-0.1, -0.05) is 6.92 Å². The molecule has 0 bridgehead atoms. The number of Topliss-reactive ketones (excluding diaryl/α,β-unsaturated/α-hetero) is 2. The minimum absolute atomic E-state index is 0.217. The predicted molar refractivity (Wildman–Crippen MR) is 44.2 cm³/mol. The molecule has 1 fully saturated rings. The van der Waals surface area contributed by atoms with Crippen LogP contribution in [0.15, 0.2) is 0 Å². The molecule has 1 aliphatic rings. The topological polar surface area (TPSA) is 71.4 Å². The lowest BCUT2D eigenvalue weighted by molar-refractivity contribution is -0.153. The van der Waals surface area contributed by atoms with Crippen molar-refractivity contribution in [3.05, 3.63) is 0 Å². The van der Waals surface area contributed by atoms with Gasteiger partial charge >= 0.3 is 5.97 Å². The molecule has 1 N–H and O–H groups in total. The maximum absolute atomic E-state index is 11.3. The van der Waals surface area contributed by atoms with Crippen LogP contribution in [0, 0.1) is 11.8 Å². The highest BCUT2D eigenvalue weighted by Gasteiger charge is 2.34. The normalized spacial score (nSPS) is 28.5. The van der Waals surface area contributed by atoms with Crippen LogP contribution >= 0.6 is 0 Å². The Kier molecular flexibility index (Phi) is 2.80. The molecule has 0 aromatic carbocycles. The first-order valence-electron chi connectivity index (χ1n) is 4.32. The lowest BCUT2D eigenvalue weighted by Crippen LogP contribution is -2.34. The first-order valence-corrected chi connectivity index (χ1v) is 4.32. The third-order valence-corrected chi connectivity index (χ3v) is 2.41. The molecule has 0 spiro atoms. The first-order chi connectivity index (χ1) is 6.02. The number of aliphatic carboxylic acids is 1. The fraction of sp³-hybridized carbons (Fsp3) is 0.667. The molecule has 0 aromatic heterocycles. The molecule has 72 valence electrons. The molecule has 1 saturated carbocycles. The highest BCUT2D eigenvalue weighted by molar-refractivity contribution is 6.37. The van der Waals surface area contributed by atoms with Crippen LogP contribution in [-0.2, 0) is 14.4 Å². The molecule has 0 saturated heterocycles. The van der Waals surface area contributed by atoms with Crippen molar-refractivity contribution in [2.45, 2.75) is 26.2 Å². The maximum Gasteiger partial charge on any atom is 0.372 e. The highest BCUT2D eigenvalue weighted by Crippen LogP contribution is 2.25. The maximum atomic E-state index is 11.3. The summed E-state index contributed by atoms with van der Waals surface area (Å²) in [6.07, 6.45) is 1.49. The standard InChI is InChI=1S/C9H12O4/c1-5-2-3-6(7(10)4-5)8(11)9(12)13/h5-6H,2-4H2,1H3,(H,12,13). The van der Waals surface area contributed by atoms with E-state index in [1.807, 2.05) is 6.92 Å². The van der Waals surface area contributed by atoms with Gasteiger partial charge in [0.15, 0.2) is 0 Å². The van der Waals surface area contributed by atoms with E-state index < -0.39 is 17.7 Å². The Morgan fingerprint density at radius 2 is 2.00 bits per heavy atom. The SMILES string of the molecule is CC1CCC(C(=O)C(=O)O)C(=O)C1. The minimum Gasteiger partial charge on any atom is -0.475 e. The van der Waals surface area contributed by atoms with Crippen LogP contribution in [0.4, 0.5) is 0 Å². The van der Waals surface area contributed by atoms with Gasteiger partial charge in [-0.05, 0) is 18.8 Å². The van der Waals surface area contributed by atoms with Crippen LogP contribution in [0.3, 0.4) is 0 Å². The van der Waals surface area contributed by atoms with Crippen LogP contribution < -0.4 is 0 Å². The number of carboxylic acids is 1. The number of carboxylic acid groups (broad SMARTS) is 1. The van der Waals surface area contributed by atoms with Gasteiger partial charge < -0.3 is 5.11 Å². The van der Waals surface area contributed by atoms with Crippen molar-refractivity contribution in [2.75, 3.05) is 0 Å². The molecule has 0 aliphatic heterocycles. The molecule has 0 amide bonds. The van der Waals surface area contributed by atoms with Crippen molar-refractivity contribution in [2.24, 2.45) is 11.8 Å². The lowest BCUT2D eigenvalue weighted by Gasteiger charge is -2.22. The zero-order valence-corrected chi connectivity index (χ0v) is 7.45. The van der Waals surface area contributed by atoms with Crippen LogP contribution in [0.5, 0.6) is 0 Å². The summed E-state index contributed by atoms with van der Waals surface area (Å²) >= 11 is 0. The van der Waals surface area contributed by atoms with Crippen molar-refractivity contribution in [3.8, 4) is 0 Å². The van der Waals surface area contributed by atoms with Crippen molar-refractivity contribution in [1.29, 1.82) is 0 Å². The summed E-state index contributed by atoms with van der Waals surface area (Å²) in [5, 5.41) is 8.42. The van der Waals surface area contributed by atoms with E-state index in [1.165, 1.54) is 0 Å². The molecule has 2 unspecified atom stereocenters. The average molecular weight is 184 g/mol. The van der Waals surface area contributed by atoms with E-state index in [1.54, 1.807) is 0 Å². The van der Waals surface area contributed by atoms with Gasteiger partial charge in [-0.3, -0.25) is 9.59 Å². The fourth-order valence-corrected chi connectivity index (χ4v) is 1.63. The summed E-state index contributed by atoms with van der Waals surface area (Å²) in [5.74, 6) is -3.25. The van der Waals surface area contributed by atoms with Crippen molar-refractivity contribution < 1.29 is 19.5 Å². The number of carbonyl (C=O) groups is 3. The smallest absolute Gasteiger partial charge is 0.372 e. The molecule has 0 radical (unpaired) electrons. The number of ketones is 2. The van der Waals surface area contributed by atoms with E-state index in [0.29, 0.717) is 12.8 Å². The molecular weight excluding hydrogens is 172 g/mol. The Morgan fingerprint density at radius 3 is 2.46 bits per heavy atom. The molecular formula is C9H12O4. The second kappa shape index (κ2) is 3.68. The number of hydrogen-bond acceptors (Lipinski definition) is 3. The van der Waals surface area contributed by atoms with Crippen molar-refractivity contribution in [3.63, 3.8) is 0 Å². The summed E-state index contributed by atoms with van der Waals surface area (Å²) in [7, 11) is 0. The third-order valence-electron chi connectivity index (χ3n) is 2.41. The van der Waals surface area contributed by atoms with E-state index in [4.69, 9.17) is 5.11 Å². The zero-order chi connectivity index (χ0) is 10.0. The molecule has 0 heterocycles. The average Bonchev–Trinajstić information content (AvgIpc) is 2.03. The second-order valence-electron chi connectivity index (χ2n) is 3.57. The summed E-state index contributed by atoms with van der Waals surface area (Å²) < 4.78 is 0. The van der Waals surface area contributed by atoms with Gasteiger partial charge in [0.05, 0.1) is 5.92 Å². The van der Waals surface area contributed by atoms with Gasteiger partial charge in [0.2, 0.25) is 5.78 Å². The van der Waals surface area contributed by atoms with Crippen LogP contribution in [-0.4, -0.2) is 22.6 Å². The Balaban J connectivity index is 2.66. The first kappa shape index (κ1) is 9.89. The largest absolute Gasteiger partial charge is 0.475 e. The minimum atomic E-state index is -1.49. The molecule has 1 rings (SSSR count). The van der Waals surface area contributed by atoms with Gasteiger partial charge in [0, 0.05) is 6.42 Å². The molecule has 13 heavy (non-hydrogen) atoms. The van der Waals surface area contributed by atoms with Gasteiger partial charge in [0.1, 0.15) is 5.78 Å². The number of carbonyl (C=O) groups excluding carboxylic acids is 2. The van der Waals surface area contributed by atoms with E-state index in [-0.39, 0.29) is 11.7 Å².